The molecule has 0 radical (unpaired) electrons. The summed E-state index contributed by atoms with van der Waals surface area (Å²) < 4.78 is 13.3. The Labute approximate surface area is 101 Å². The molecule has 1 N–H and O–H groups in total. The monoisotopic (exact) mass is 260 g/mol. The third-order valence-corrected chi connectivity index (χ3v) is 2.51. The van der Waals surface area contributed by atoms with Crippen molar-refractivity contribution in [3.05, 3.63) is 35.5 Å². The average Bonchev–Trinajstić information content (AvgIpc) is 2.23. The van der Waals surface area contributed by atoms with Gasteiger partial charge in [0.25, 0.3) is 0 Å². The van der Waals surface area contributed by atoms with E-state index in [4.69, 9.17) is 23.2 Å². The Morgan fingerprint density at radius 2 is 2.06 bits per heavy atom. The Morgan fingerprint density at radius 3 is 2.69 bits per heavy atom. The van der Waals surface area contributed by atoms with Crippen LogP contribution < -0.4 is 5.32 Å². The molecule has 0 saturated heterocycles. The molecule has 0 aliphatic heterocycles. The van der Waals surface area contributed by atoms with Crippen LogP contribution in [0.25, 0.3) is 0 Å². The van der Waals surface area contributed by atoms with Gasteiger partial charge in [0, 0.05) is 11.5 Å². The molecule has 0 bridgehead atoms. The normalized spacial score (nSPS) is 24.7. The van der Waals surface area contributed by atoms with Crippen LogP contribution in [-0.2, 0) is 0 Å². The molecule has 2 rings (SSSR count). The lowest BCUT2D eigenvalue weighted by Crippen LogP contribution is -2.17. The van der Waals surface area contributed by atoms with Crippen molar-refractivity contribution in [2.45, 2.75) is 11.5 Å². The molecule has 0 amide bonds. The maximum Gasteiger partial charge on any atom is 0.230 e. The van der Waals surface area contributed by atoms with Crippen LogP contribution in [0.15, 0.2) is 35.5 Å². The third-order valence-electron chi connectivity index (χ3n) is 1.92. The Kier molecular flexibility index (Phi) is 3.07. The molecule has 1 heterocycles. The summed E-state index contributed by atoms with van der Waals surface area (Å²) in [6.45, 7) is 0. The van der Waals surface area contributed by atoms with Gasteiger partial charge in [0.05, 0.1) is 5.70 Å². The lowest BCUT2D eigenvalue weighted by atomic mass is 10.1. The van der Waals surface area contributed by atoms with Crippen molar-refractivity contribution in [2.24, 2.45) is 0 Å². The van der Waals surface area contributed by atoms with Crippen LogP contribution in [0.1, 0.15) is 6.42 Å². The van der Waals surface area contributed by atoms with Crippen molar-refractivity contribution in [2.75, 3.05) is 5.32 Å². The summed E-state index contributed by atoms with van der Waals surface area (Å²) in [4.78, 5) is 11.4. The van der Waals surface area contributed by atoms with Crippen molar-refractivity contribution < 1.29 is 4.39 Å². The SMILES string of the molecule is FC1(Cl)C=CC(Nc2ncncn2)=C(Cl)C1. The minimum absolute atomic E-state index is 0.0833. The maximum absolute atomic E-state index is 13.3. The maximum atomic E-state index is 13.3. The first-order valence-electron chi connectivity index (χ1n) is 4.41. The molecule has 0 saturated carbocycles. The molecule has 0 aromatic carbocycles. The summed E-state index contributed by atoms with van der Waals surface area (Å²) in [7, 11) is 0. The zero-order valence-electron chi connectivity index (χ0n) is 7.99. The first-order chi connectivity index (χ1) is 7.57. The fraction of sp³-hybridized carbons (Fsp3) is 0.222. The van der Waals surface area contributed by atoms with E-state index in [-0.39, 0.29) is 6.42 Å². The molecule has 84 valence electrons. The number of nitrogens with zero attached hydrogens (tertiary/aromatic N) is 3. The van der Waals surface area contributed by atoms with Crippen LogP contribution in [-0.4, -0.2) is 20.1 Å². The van der Waals surface area contributed by atoms with E-state index in [0.717, 1.165) is 0 Å². The highest BCUT2D eigenvalue weighted by molar-refractivity contribution is 6.32. The second kappa shape index (κ2) is 4.35. The minimum Gasteiger partial charge on any atom is -0.323 e. The average molecular weight is 261 g/mol. The van der Waals surface area contributed by atoms with E-state index >= 15 is 0 Å². The topological polar surface area (TPSA) is 50.7 Å². The Balaban J connectivity index is 2.16. The number of aromatic nitrogens is 3. The number of alkyl halides is 2. The quantitative estimate of drug-likeness (QED) is 0.831. The molecule has 16 heavy (non-hydrogen) atoms. The molecule has 1 aromatic heterocycles. The highest BCUT2D eigenvalue weighted by Crippen LogP contribution is 2.35. The Hall–Kier alpha value is -1.20. The van der Waals surface area contributed by atoms with Crippen molar-refractivity contribution in [1.29, 1.82) is 0 Å². The predicted molar refractivity (Wildman–Crippen MR) is 59.8 cm³/mol. The van der Waals surface area contributed by atoms with Gasteiger partial charge in [0.15, 0.2) is 0 Å². The van der Waals surface area contributed by atoms with Gasteiger partial charge >= 0.3 is 0 Å². The van der Waals surface area contributed by atoms with Crippen molar-refractivity contribution in [1.82, 2.24) is 15.0 Å². The molecule has 1 aromatic rings. The van der Waals surface area contributed by atoms with E-state index in [1.807, 2.05) is 0 Å². The van der Waals surface area contributed by atoms with E-state index in [9.17, 15) is 4.39 Å². The highest BCUT2D eigenvalue weighted by atomic mass is 35.5. The molecule has 1 unspecified atom stereocenters. The number of anilines is 1. The molecule has 1 aliphatic rings. The van der Waals surface area contributed by atoms with Crippen molar-refractivity contribution in [3.63, 3.8) is 0 Å². The fourth-order valence-electron chi connectivity index (χ4n) is 1.19. The largest absolute Gasteiger partial charge is 0.323 e. The van der Waals surface area contributed by atoms with E-state index in [1.165, 1.54) is 24.8 Å². The molecule has 7 heteroatoms. The summed E-state index contributed by atoms with van der Waals surface area (Å²) in [5, 5.41) is 1.22. The Morgan fingerprint density at radius 1 is 1.38 bits per heavy atom. The second-order valence-corrected chi connectivity index (χ2v) is 4.26. The lowest BCUT2D eigenvalue weighted by Gasteiger charge is -2.19. The number of rotatable bonds is 2. The summed E-state index contributed by atoms with van der Waals surface area (Å²) in [5.41, 5.74) is 0.529. The fourth-order valence-corrected chi connectivity index (χ4v) is 1.76. The summed E-state index contributed by atoms with van der Waals surface area (Å²) >= 11 is 11.4. The van der Waals surface area contributed by atoms with Gasteiger partial charge in [-0.05, 0) is 12.2 Å². The third kappa shape index (κ3) is 2.68. The van der Waals surface area contributed by atoms with E-state index in [1.54, 1.807) is 0 Å². The molecule has 1 aliphatic carbocycles. The van der Waals surface area contributed by atoms with Gasteiger partial charge in [0.2, 0.25) is 11.1 Å². The first-order valence-corrected chi connectivity index (χ1v) is 5.17. The first kappa shape index (κ1) is 11.3. The van der Waals surface area contributed by atoms with Crippen LogP contribution in [0.5, 0.6) is 0 Å². The number of nitrogens with one attached hydrogen (secondary N) is 1. The van der Waals surface area contributed by atoms with Crippen LogP contribution in [0.3, 0.4) is 0 Å². The molecule has 0 fully saturated rings. The van der Waals surface area contributed by atoms with Crippen molar-refractivity contribution in [3.8, 4) is 0 Å². The lowest BCUT2D eigenvalue weighted by molar-refractivity contribution is 0.344. The van der Waals surface area contributed by atoms with Gasteiger partial charge in [-0.25, -0.2) is 19.3 Å². The second-order valence-electron chi connectivity index (χ2n) is 3.18. The van der Waals surface area contributed by atoms with Gasteiger partial charge in [-0.3, -0.25) is 0 Å². The van der Waals surface area contributed by atoms with Crippen molar-refractivity contribution >= 4 is 29.2 Å². The van der Waals surface area contributed by atoms with Gasteiger partial charge in [0.1, 0.15) is 12.7 Å². The molecule has 1 atom stereocenters. The van der Waals surface area contributed by atoms with E-state index in [0.29, 0.717) is 16.7 Å². The number of hydrogen-bond acceptors (Lipinski definition) is 4. The minimum atomic E-state index is -1.92. The number of hydrogen-bond donors (Lipinski definition) is 1. The molecular weight excluding hydrogens is 254 g/mol. The van der Waals surface area contributed by atoms with E-state index in [2.05, 4.69) is 20.3 Å². The van der Waals surface area contributed by atoms with Crippen LogP contribution in [0.4, 0.5) is 10.3 Å². The molecule has 0 spiro atoms. The zero-order chi connectivity index (χ0) is 11.6. The molecular formula is C9H7Cl2FN4. The van der Waals surface area contributed by atoms with Gasteiger partial charge in [-0.15, -0.1) is 0 Å². The van der Waals surface area contributed by atoms with Gasteiger partial charge in [-0.2, -0.15) is 0 Å². The van der Waals surface area contributed by atoms with Crippen LogP contribution in [0.2, 0.25) is 0 Å². The zero-order valence-corrected chi connectivity index (χ0v) is 9.50. The highest BCUT2D eigenvalue weighted by Gasteiger charge is 2.28. The summed E-state index contributed by atoms with van der Waals surface area (Å²) in [6.07, 6.45) is 5.29. The Bertz CT molecular complexity index is 444. The van der Waals surface area contributed by atoms with Gasteiger partial charge in [-0.1, -0.05) is 23.2 Å². The number of halogens is 3. The van der Waals surface area contributed by atoms with Crippen LogP contribution in [0, 0.1) is 0 Å². The summed E-state index contributed by atoms with van der Waals surface area (Å²) in [5.74, 6) is 0.341. The smallest absolute Gasteiger partial charge is 0.230 e. The van der Waals surface area contributed by atoms with Crippen LogP contribution >= 0.6 is 23.2 Å². The standard InChI is InChI=1S/C9H7Cl2FN4/c10-6-3-9(11,12)2-1-7(6)16-8-14-4-13-5-15-8/h1-2,4-5H,3H2,(H,13,14,15,16). The predicted octanol–water partition coefficient (Wildman–Crippen LogP) is 2.60. The number of allylic oxidation sites excluding steroid dienone is 3. The van der Waals surface area contributed by atoms with E-state index < -0.39 is 5.13 Å². The van der Waals surface area contributed by atoms with Gasteiger partial charge < -0.3 is 5.32 Å². The molecule has 4 nitrogen and oxygen atoms in total. The summed E-state index contributed by atoms with van der Waals surface area (Å²) in [6, 6.07) is 0.